The van der Waals surface area contributed by atoms with Gasteiger partial charge in [-0.25, -0.2) is 0 Å². The molecule has 10 aromatic carbocycles. The fourth-order valence-electron chi connectivity index (χ4n) is 9.49. The summed E-state index contributed by atoms with van der Waals surface area (Å²) in [7, 11) is 0. The minimum Gasteiger partial charge on any atom is -0.311 e. The Bertz CT molecular complexity index is 3490. The van der Waals surface area contributed by atoms with Gasteiger partial charge in [0.25, 0.3) is 0 Å². The van der Waals surface area contributed by atoms with Crippen LogP contribution in [-0.2, 0) is 0 Å². The maximum atomic E-state index is 2.52. The van der Waals surface area contributed by atoms with Crippen LogP contribution in [0.4, 0.5) is 17.1 Å². The van der Waals surface area contributed by atoms with Gasteiger partial charge in [0, 0.05) is 49.2 Å². The second-order valence-electron chi connectivity index (χ2n) is 16.5. The van der Waals surface area contributed by atoms with E-state index in [0.717, 1.165) is 28.3 Å². The summed E-state index contributed by atoms with van der Waals surface area (Å²) in [6.45, 7) is 0. The molecule has 0 fully saturated rings. The van der Waals surface area contributed by atoms with Gasteiger partial charge in [0.15, 0.2) is 0 Å². The average molecular weight is 847 g/mol. The minimum atomic E-state index is 1.09. The summed E-state index contributed by atoms with van der Waals surface area (Å²) in [5.74, 6) is 0. The van der Waals surface area contributed by atoms with Gasteiger partial charge in [-0.1, -0.05) is 200 Å². The van der Waals surface area contributed by atoms with E-state index in [1.165, 1.54) is 81.3 Å². The Balaban J connectivity index is 0.954. The molecule has 3 heteroatoms. The zero-order valence-corrected chi connectivity index (χ0v) is 36.4. The summed E-state index contributed by atoms with van der Waals surface area (Å²) in [4.78, 5) is 2.34. The first-order chi connectivity index (χ1) is 32.2. The number of hydrogen-bond donors (Lipinski definition) is 0. The van der Waals surface area contributed by atoms with Crippen molar-refractivity contribution < 1.29 is 0 Å². The first kappa shape index (κ1) is 38.4. The molecule has 0 atom stereocenters. The largest absolute Gasteiger partial charge is 0.311 e. The number of nitrogens with zero attached hydrogens (tertiary/aromatic N) is 2. The SMILES string of the molecule is c1ccc(-c2ccc(N(c3ccc(-c4ccccc4)cc3)c3ccc(-c4ccc(-n5c(-c6ccccc6)c(-c6ccccc6)c6ccc7c8ccccc8sc7c65)cc4)cc3)cc2)cc1. The minimum absolute atomic E-state index is 1.09. The Morgan fingerprint density at radius 2 is 0.677 bits per heavy atom. The molecule has 12 rings (SSSR count). The molecule has 2 aromatic heterocycles. The molecule has 0 saturated heterocycles. The molecule has 0 spiro atoms. The third-order valence-electron chi connectivity index (χ3n) is 12.6. The van der Waals surface area contributed by atoms with E-state index >= 15 is 0 Å². The molecule has 0 radical (unpaired) electrons. The fourth-order valence-corrected chi connectivity index (χ4v) is 10.7. The van der Waals surface area contributed by atoms with Gasteiger partial charge in [-0.2, -0.15) is 0 Å². The Morgan fingerprint density at radius 1 is 0.292 bits per heavy atom. The van der Waals surface area contributed by atoms with Crippen LogP contribution in [0, 0.1) is 0 Å². The Hall–Kier alpha value is -8.24. The molecule has 65 heavy (non-hydrogen) atoms. The van der Waals surface area contributed by atoms with E-state index in [-0.39, 0.29) is 0 Å². The van der Waals surface area contributed by atoms with Crippen LogP contribution in [0.2, 0.25) is 0 Å². The average Bonchev–Trinajstić information content (AvgIpc) is 3.95. The van der Waals surface area contributed by atoms with Gasteiger partial charge in [0.05, 0.1) is 15.9 Å². The maximum absolute atomic E-state index is 2.52. The normalized spacial score (nSPS) is 11.4. The van der Waals surface area contributed by atoms with E-state index in [0.29, 0.717) is 0 Å². The third-order valence-corrected chi connectivity index (χ3v) is 13.8. The third kappa shape index (κ3) is 7.00. The molecule has 0 bridgehead atoms. The Labute approximate surface area is 383 Å². The molecular weight excluding hydrogens is 805 g/mol. The maximum Gasteiger partial charge on any atom is 0.0720 e. The zero-order valence-electron chi connectivity index (χ0n) is 35.6. The molecule has 306 valence electrons. The smallest absolute Gasteiger partial charge is 0.0720 e. The van der Waals surface area contributed by atoms with Crippen molar-refractivity contribution in [3.05, 3.63) is 255 Å². The number of hydrogen-bond acceptors (Lipinski definition) is 2. The second-order valence-corrected chi connectivity index (χ2v) is 17.5. The first-order valence-corrected chi connectivity index (χ1v) is 23.0. The monoisotopic (exact) mass is 846 g/mol. The summed E-state index contributed by atoms with van der Waals surface area (Å²) in [6.07, 6.45) is 0. The van der Waals surface area contributed by atoms with Crippen molar-refractivity contribution in [2.24, 2.45) is 0 Å². The van der Waals surface area contributed by atoms with Gasteiger partial charge < -0.3 is 9.47 Å². The Morgan fingerprint density at radius 3 is 1.17 bits per heavy atom. The van der Waals surface area contributed by atoms with Crippen LogP contribution in [0.1, 0.15) is 0 Å². The highest BCUT2D eigenvalue weighted by atomic mass is 32.1. The van der Waals surface area contributed by atoms with E-state index in [2.05, 4.69) is 264 Å². The quantitative estimate of drug-likeness (QED) is 0.140. The second kappa shape index (κ2) is 16.5. The molecule has 0 aliphatic carbocycles. The molecule has 0 aliphatic rings. The van der Waals surface area contributed by atoms with Crippen molar-refractivity contribution in [3.63, 3.8) is 0 Å². The van der Waals surface area contributed by atoms with Crippen LogP contribution in [0.25, 0.3) is 92.5 Å². The Kier molecular flexibility index (Phi) is 9.74. The van der Waals surface area contributed by atoms with Crippen molar-refractivity contribution in [2.75, 3.05) is 4.90 Å². The van der Waals surface area contributed by atoms with Gasteiger partial charge in [0.2, 0.25) is 0 Å². The lowest BCUT2D eigenvalue weighted by molar-refractivity contribution is 1.14. The van der Waals surface area contributed by atoms with Gasteiger partial charge >= 0.3 is 0 Å². The molecule has 0 aliphatic heterocycles. The molecule has 2 heterocycles. The summed E-state index contributed by atoms with van der Waals surface area (Å²) in [5.41, 5.74) is 17.6. The molecular formula is C62H42N2S. The molecule has 2 nitrogen and oxygen atoms in total. The summed E-state index contributed by atoms with van der Waals surface area (Å²) in [5, 5.41) is 3.85. The molecule has 0 amide bonds. The van der Waals surface area contributed by atoms with Gasteiger partial charge in [-0.05, 0) is 99.1 Å². The number of anilines is 3. The number of thiophene rings is 1. The fraction of sp³-hybridized carbons (Fsp3) is 0. The predicted molar refractivity (Wildman–Crippen MR) is 278 cm³/mol. The highest BCUT2D eigenvalue weighted by Gasteiger charge is 2.24. The standard InChI is InChI=1S/C62H42N2S/c1-5-15-43(16-6-1)45-25-33-51(34-26-45)63(52-35-27-46(28-36-52)44-17-7-2-8-18-44)53-37-29-47(30-38-53)48-31-39-54(40-32-48)64-60(50-21-11-4-12-22-50)59(49-19-9-3-10-20-49)57-42-41-56-55-23-13-14-24-58(55)65-62(56)61(57)64/h1-42H. The van der Waals surface area contributed by atoms with E-state index in [9.17, 15) is 0 Å². The van der Waals surface area contributed by atoms with E-state index < -0.39 is 0 Å². The lowest BCUT2D eigenvalue weighted by Crippen LogP contribution is -2.09. The zero-order chi connectivity index (χ0) is 43.1. The van der Waals surface area contributed by atoms with E-state index in [1.54, 1.807) is 0 Å². The summed E-state index contributed by atoms with van der Waals surface area (Å²) in [6, 6.07) is 92.3. The van der Waals surface area contributed by atoms with Crippen LogP contribution in [0.15, 0.2) is 255 Å². The van der Waals surface area contributed by atoms with Crippen molar-refractivity contribution in [3.8, 4) is 61.5 Å². The van der Waals surface area contributed by atoms with Crippen molar-refractivity contribution >= 4 is 59.5 Å². The van der Waals surface area contributed by atoms with Gasteiger partial charge in [-0.3, -0.25) is 0 Å². The van der Waals surface area contributed by atoms with Crippen LogP contribution in [-0.4, -0.2) is 4.57 Å². The number of benzene rings is 10. The van der Waals surface area contributed by atoms with Crippen LogP contribution in [0.3, 0.4) is 0 Å². The molecule has 0 unspecified atom stereocenters. The number of rotatable bonds is 9. The number of aromatic nitrogens is 1. The van der Waals surface area contributed by atoms with Crippen molar-refractivity contribution in [2.45, 2.75) is 0 Å². The van der Waals surface area contributed by atoms with E-state index in [1.807, 2.05) is 11.3 Å². The highest BCUT2D eigenvalue weighted by molar-refractivity contribution is 7.26. The lowest BCUT2D eigenvalue weighted by atomic mass is 9.98. The first-order valence-electron chi connectivity index (χ1n) is 22.2. The molecule has 0 saturated carbocycles. The van der Waals surface area contributed by atoms with Crippen LogP contribution in [0.5, 0.6) is 0 Å². The van der Waals surface area contributed by atoms with Gasteiger partial charge in [0.1, 0.15) is 0 Å². The topological polar surface area (TPSA) is 8.17 Å². The summed E-state index contributed by atoms with van der Waals surface area (Å²) >= 11 is 1.89. The summed E-state index contributed by atoms with van der Waals surface area (Å²) < 4.78 is 5.12. The van der Waals surface area contributed by atoms with Crippen LogP contribution < -0.4 is 4.90 Å². The van der Waals surface area contributed by atoms with Crippen LogP contribution >= 0.6 is 11.3 Å². The predicted octanol–water partition coefficient (Wildman–Crippen LogP) is 17.8. The molecule has 12 aromatic rings. The number of fused-ring (bicyclic) bond motifs is 5. The van der Waals surface area contributed by atoms with Gasteiger partial charge in [-0.15, -0.1) is 11.3 Å². The lowest BCUT2D eigenvalue weighted by Gasteiger charge is -2.26. The van der Waals surface area contributed by atoms with E-state index in [4.69, 9.17) is 0 Å². The highest BCUT2D eigenvalue weighted by Crippen LogP contribution is 2.48. The van der Waals surface area contributed by atoms with Crippen molar-refractivity contribution in [1.29, 1.82) is 0 Å². The van der Waals surface area contributed by atoms with Crippen molar-refractivity contribution in [1.82, 2.24) is 4.57 Å². The molecule has 0 N–H and O–H groups in total.